The van der Waals surface area contributed by atoms with Gasteiger partial charge in [-0.3, -0.25) is 9.80 Å². The van der Waals surface area contributed by atoms with Crippen molar-refractivity contribution in [2.75, 3.05) is 19.6 Å². The highest BCUT2D eigenvalue weighted by Gasteiger charge is 2.37. The zero-order chi connectivity index (χ0) is 18.8. The third kappa shape index (κ3) is 5.43. The predicted octanol–water partition coefficient (Wildman–Crippen LogP) is 4.46. The number of nitrogens with zero attached hydrogens (tertiary/aromatic N) is 2. The van der Waals surface area contributed by atoms with E-state index in [1.54, 1.807) is 17.0 Å². The van der Waals surface area contributed by atoms with E-state index in [0.717, 1.165) is 18.7 Å². The minimum Gasteiger partial charge on any atom is -0.444 e. The number of carbonyl (C=O) groups is 1. The Morgan fingerprint density at radius 1 is 1.24 bits per heavy atom. The maximum absolute atomic E-state index is 13.3. The number of ether oxygens (including phenoxy) is 1. The smallest absolute Gasteiger partial charge is 0.410 e. The zero-order valence-corrected chi connectivity index (χ0v) is 16.3. The van der Waals surface area contributed by atoms with Gasteiger partial charge >= 0.3 is 6.09 Å². The number of carbonyl (C=O) groups excluding carboxylic acids is 1. The van der Waals surface area contributed by atoms with Crippen LogP contribution in [0.3, 0.4) is 0 Å². The Balaban J connectivity index is 2.28. The zero-order valence-electron chi connectivity index (χ0n) is 16.3. The molecule has 0 aliphatic carbocycles. The van der Waals surface area contributed by atoms with Crippen molar-refractivity contribution in [3.63, 3.8) is 0 Å². The number of amides is 1. The number of hydrogen-bond donors (Lipinski definition) is 0. The van der Waals surface area contributed by atoms with Gasteiger partial charge in [0.05, 0.1) is 6.04 Å². The fraction of sp³-hybridized carbons (Fsp3) is 0.650. The van der Waals surface area contributed by atoms with Gasteiger partial charge < -0.3 is 4.74 Å². The van der Waals surface area contributed by atoms with E-state index >= 15 is 0 Å². The summed E-state index contributed by atoms with van der Waals surface area (Å²) in [5.74, 6) is 0.278. The minimum atomic E-state index is -0.539. The fourth-order valence-corrected chi connectivity index (χ4v) is 3.24. The largest absolute Gasteiger partial charge is 0.444 e. The lowest BCUT2D eigenvalue weighted by Crippen LogP contribution is -2.56. The summed E-state index contributed by atoms with van der Waals surface area (Å²) in [6.45, 7) is 14.4. The molecule has 0 aromatic heterocycles. The summed E-state index contributed by atoms with van der Waals surface area (Å²) in [6.07, 6.45) is -0.308. The second-order valence-electron chi connectivity index (χ2n) is 8.40. The molecule has 5 heteroatoms. The van der Waals surface area contributed by atoms with Crippen molar-refractivity contribution in [2.45, 2.75) is 59.2 Å². The lowest BCUT2D eigenvalue weighted by Gasteiger charge is -2.46. The first kappa shape index (κ1) is 19.7. The van der Waals surface area contributed by atoms with Crippen LogP contribution in [0.15, 0.2) is 24.3 Å². The van der Waals surface area contributed by atoms with Crippen molar-refractivity contribution in [1.82, 2.24) is 9.80 Å². The standard InChI is InChI=1S/C20H31FN2O2/c1-14(2)11-22-13-18(16-7-9-17(21)10-8-16)23(12-15(22)3)19(24)25-20(4,5)6/h7-10,14-15,18H,11-13H2,1-6H3. The molecule has 1 aliphatic rings. The summed E-state index contributed by atoms with van der Waals surface area (Å²) >= 11 is 0. The molecule has 1 heterocycles. The van der Waals surface area contributed by atoms with Crippen LogP contribution >= 0.6 is 0 Å². The molecule has 0 bridgehead atoms. The molecule has 4 nitrogen and oxygen atoms in total. The van der Waals surface area contributed by atoms with E-state index in [2.05, 4.69) is 25.7 Å². The molecule has 2 atom stereocenters. The van der Waals surface area contributed by atoms with Crippen LogP contribution in [0.4, 0.5) is 9.18 Å². The first-order valence-electron chi connectivity index (χ1n) is 9.06. The molecular weight excluding hydrogens is 319 g/mol. The van der Waals surface area contributed by atoms with Crippen molar-refractivity contribution in [3.8, 4) is 0 Å². The average molecular weight is 350 g/mol. The molecule has 2 rings (SSSR count). The molecule has 1 saturated heterocycles. The Kier molecular flexibility index (Phi) is 6.09. The lowest BCUT2D eigenvalue weighted by atomic mass is 9.99. The average Bonchev–Trinajstić information content (AvgIpc) is 2.47. The quantitative estimate of drug-likeness (QED) is 0.807. The van der Waals surface area contributed by atoms with Crippen LogP contribution in [-0.4, -0.2) is 47.2 Å². The third-order valence-corrected chi connectivity index (χ3v) is 4.35. The van der Waals surface area contributed by atoms with Crippen LogP contribution in [0, 0.1) is 11.7 Å². The summed E-state index contributed by atoms with van der Waals surface area (Å²) in [4.78, 5) is 16.9. The van der Waals surface area contributed by atoms with Crippen LogP contribution in [0.25, 0.3) is 0 Å². The van der Waals surface area contributed by atoms with Gasteiger partial charge in [-0.2, -0.15) is 0 Å². The van der Waals surface area contributed by atoms with Crippen LogP contribution in [-0.2, 0) is 4.74 Å². The first-order chi connectivity index (χ1) is 11.6. The van der Waals surface area contributed by atoms with Gasteiger partial charge in [-0.25, -0.2) is 9.18 Å². The molecule has 0 N–H and O–H groups in total. The van der Waals surface area contributed by atoms with E-state index in [1.165, 1.54) is 12.1 Å². The fourth-order valence-electron chi connectivity index (χ4n) is 3.24. The second-order valence-corrected chi connectivity index (χ2v) is 8.40. The SMILES string of the molecule is CC(C)CN1CC(c2ccc(F)cc2)N(C(=O)OC(C)(C)C)CC1C. The molecule has 2 unspecified atom stereocenters. The van der Waals surface area contributed by atoms with Crippen LogP contribution < -0.4 is 0 Å². The van der Waals surface area contributed by atoms with Crippen LogP contribution in [0.1, 0.15) is 53.1 Å². The molecule has 140 valence electrons. The highest BCUT2D eigenvalue weighted by Crippen LogP contribution is 2.30. The van der Waals surface area contributed by atoms with Crippen molar-refractivity contribution in [1.29, 1.82) is 0 Å². The van der Waals surface area contributed by atoms with E-state index in [-0.39, 0.29) is 24.0 Å². The van der Waals surface area contributed by atoms with E-state index in [1.807, 2.05) is 20.8 Å². The molecule has 1 aliphatic heterocycles. The highest BCUT2D eigenvalue weighted by atomic mass is 19.1. The van der Waals surface area contributed by atoms with Gasteiger partial charge in [0.1, 0.15) is 11.4 Å². The van der Waals surface area contributed by atoms with Gasteiger partial charge in [0.15, 0.2) is 0 Å². The van der Waals surface area contributed by atoms with Gasteiger partial charge in [-0.1, -0.05) is 26.0 Å². The normalized spacial score (nSPS) is 22.3. The predicted molar refractivity (Wildman–Crippen MR) is 98.0 cm³/mol. The summed E-state index contributed by atoms with van der Waals surface area (Å²) < 4.78 is 18.9. The molecule has 0 saturated carbocycles. The molecule has 1 aromatic rings. The van der Waals surface area contributed by atoms with E-state index in [9.17, 15) is 9.18 Å². The highest BCUT2D eigenvalue weighted by molar-refractivity contribution is 5.69. The van der Waals surface area contributed by atoms with Crippen LogP contribution in [0.5, 0.6) is 0 Å². The van der Waals surface area contributed by atoms with Crippen molar-refractivity contribution in [2.24, 2.45) is 5.92 Å². The number of piperazine rings is 1. The molecule has 1 fully saturated rings. The summed E-state index contributed by atoms with van der Waals surface area (Å²) in [6, 6.07) is 6.56. The van der Waals surface area contributed by atoms with E-state index < -0.39 is 5.60 Å². The number of benzene rings is 1. The monoisotopic (exact) mass is 350 g/mol. The molecule has 25 heavy (non-hydrogen) atoms. The van der Waals surface area contributed by atoms with Gasteiger partial charge in [0, 0.05) is 25.7 Å². The number of rotatable bonds is 3. The summed E-state index contributed by atoms with van der Waals surface area (Å²) in [7, 11) is 0. The van der Waals surface area contributed by atoms with Crippen LogP contribution in [0.2, 0.25) is 0 Å². The third-order valence-electron chi connectivity index (χ3n) is 4.35. The lowest BCUT2D eigenvalue weighted by molar-refractivity contribution is -0.0162. The van der Waals surface area contributed by atoms with Crippen molar-refractivity contribution < 1.29 is 13.9 Å². The molecular formula is C20H31FN2O2. The van der Waals surface area contributed by atoms with Gasteiger partial charge in [0.2, 0.25) is 0 Å². The Bertz CT molecular complexity index is 580. The van der Waals surface area contributed by atoms with Crippen molar-refractivity contribution >= 4 is 6.09 Å². The number of hydrogen-bond acceptors (Lipinski definition) is 3. The van der Waals surface area contributed by atoms with Gasteiger partial charge in [-0.05, 0) is 51.3 Å². The second kappa shape index (κ2) is 7.73. The maximum Gasteiger partial charge on any atom is 0.410 e. The Morgan fingerprint density at radius 2 is 1.84 bits per heavy atom. The topological polar surface area (TPSA) is 32.8 Å². The van der Waals surface area contributed by atoms with Crippen molar-refractivity contribution in [3.05, 3.63) is 35.6 Å². The molecule has 0 radical (unpaired) electrons. The maximum atomic E-state index is 13.3. The Labute approximate surface area is 150 Å². The summed E-state index contributed by atoms with van der Waals surface area (Å²) in [5.41, 5.74) is 0.399. The first-order valence-corrected chi connectivity index (χ1v) is 9.06. The van der Waals surface area contributed by atoms with Gasteiger partial charge in [-0.15, -0.1) is 0 Å². The van der Waals surface area contributed by atoms with E-state index in [4.69, 9.17) is 4.74 Å². The molecule has 1 aromatic carbocycles. The number of halogens is 1. The molecule has 0 spiro atoms. The minimum absolute atomic E-state index is 0.134. The Morgan fingerprint density at radius 3 is 2.36 bits per heavy atom. The van der Waals surface area contributed by atoms with E-state index in [0.29, 0.717) is 12.5 Å². The molecule has 1 amide bonds. The van der Waals surface area contributed by atoms with Gasteiger partial charge in [0.25, 0.3) is 0 Å². The Hall–Kier alpha value is -1.62. The summed E-state index contributed by atoms with van der Waals surface area (Å²) in [5, 5.41) is 0.